The lowest BCUT2D eigenvalue weighted by Crippen LogP contribution is -2.56. The van der Waals surface area contributed by atoms with Gasteiger partial charge in [0.15, 0.2) is 5.43 Å². The third-order valence-electron chi connectivity index (χ3n) is 3.87. The zero-order valence-electron chi connectivity index (χ0n) is 12.5. The monoisotopic (exact) mass is 363 g/mol. The summed E-state index contributed by atoms with van der Waals surface area (Å²) in [6.07, 6.45) is 0. The van der Waals surface area contributed by atoms with Crippen molar-refractivity contribution in [3.63, 3.8) is 0 Å². The van der Waals surface area contributed by atoms with Crippen molar-refractivity contribution in [1.82, 2.24) is 15.2 Å². The number of nitrogens with zero attached hydrogens (tertiary/aromatic N) is 1. The maximum Gasteiger partial charge on any atom is 0.270 e. The van der Waals surface area contributed by atoms with Gasteiger partial charge in [-0.1, -0.05) is 15.9 Å². The Morgan fingerprint density at radius 1 is 1.23 bits per heavy atom. The molecule has 3 rings (SSSR count). The highest BCUT2D eigenvalue weighted by Gasteiger charge is 2.26. The van der Waals surface area contributed by atoms with Gasteiger partial charge in [-0.2, -0.15) is 0 Å². The molecule has 0 radical (unpaired) electrons. The normalized spacial score (nSPS) is 22.0. The number of aromatic nitrogens is 1. The molecule has 5 nitrogen and oxygen atoms in total. The van der Waals surface area contributed by atoms with E-state index in [1.54, 1.807) is 17.0 Å². The molecule has 2 heterocycles. The molecule has 116 valence electrons. The van der Waals surface area contributed by atoms with Crippen LogP contribution < -0.4 is 10.7 Å². The van der Waals surface area contributed by atoms with Crippen LogP contribution in [0.15, 0.2) is 33.5 Å². The summed E-state index contributed by atoms with van der Waals surface area (Å²) in [4.78, 5) is 29.8. The van der Waals surface area contributed by atoms with Gasteiger partial charge in [-0.3, -0.25) is 9.59 Å². The third-order valence-corrected chi connectivity index (χ3v) is 4.36. The second-order valence-electron chi connectivity index (χ2n) is 5.92. The van der Waals surface area contributed by atoms with Crippen LogP contribution in [0, 0.1) is 0 Å². The number of hydrogen-bond acceptors (Lipinski definition) is 3. The minimum absolute atomic E-state index is 0.123. The highest BCUT2D eigenvalue weighted by molar-refractivity contribution is 9.10. The second-order valence-corrected chi connectivity index (χ2v) is 6.83. The SMILES string of the molecule is C[C@H]1CN(C(=O)c2cc(=O)c3cc(Br)ccc3[nH]2)C[C@H](C)N1. The van der Waals surface area contributed by atoms with Gasteiger partial charge in [-0.05, 0) is 32.0 Å². The van der Waals surface area contributed by atoms with Crippen LogP contribution in [0.1, 0.15) is 24.3 Å². The summed E-state index contributed by atoms with van der Waals surface area (Å²) in [6, 6.07) is 7.31. The predicted molar refractivity (Wildman–Crippen MR) is 90.2 cm³/mol. The Balaban J connectivity index is 1.97. The molecule has 1 amide bonds. The third kappa shape index (κ3) is 2.94. The number of piperazine rings is 1. The lowest BCUT2D eigenvalue weighted by Gasteiger charge is -2.36. The highest BCUT2D eigenvalue weighted by atomic mass is 79.9. The molecule has 0 unspecified atom stereocenters. The average molecular weight is 364 g/mol. The van der Waals surface area contributed by atoms with E-state index in [1.165, 1.54) is 6.07 Å². The van der Waals surface area contributed by atoms with E-state index in [9.17, 15) is 9.59 Å². The molecular weight excluding hydrogens is 346 g/mol. The molecular formula is C16H18BrN3O2. The van der Waals surface area contributed by atoms with Crippen LogP contribution in [0.5, 0.6) is 0 Å². The Labute approximate surface area is 136 Å². The van der Waals surface area contributed by atoms with Crippen molar-refractivity contribution >= 4 is 32.7 Å². The Kier molecular flexibility index (Phi) is 4.06. The first-order valence-electron chi connectivity index (χ1n) is 7.32. The lowest BCUT2D eigenvalue weighted by molar-refractivity contribution is 0.0668. The first kappa shape index (κ1) is 15.2. The fraction of sp³-hybridized carbons (Fsp3) is 0.375. The van der Waals surface area contributed by atoms with Gasteiger partial charge in [0.25, 0.3) is 5.91 Å². The van der Waals surface area contributed by atoms with E-state index >= 15 is 0 Å². The summed E-state index contributed by atoms with van der Waals surface area (Å²) in [5, 5.41) is 3.97. The Hall–Kier alpha value is -1.66. The summed E-state index contributed by atoms with van der Waals surface area (Å²) < 4.78 is 0.842. The van der Waals surface area contributed by atoms with Gasteiger partial charge < -0.3 is 15.2 Å². The van der Waals surface area contributed by atoms with Crippen LogP contribution in [0.25, 0.3) is 10.9 Å². The summed E-state index contributed by atoms with van der Waals surface area (Å²) in [5.74, 6) is -0.123. The molecule has 0 bridgehead atoms. The number of rotatable bonds is 1. The van der Waals surface area contributed by atoms with Crippen molar-refractivity contribution in [3.8, 4) is 0 Å². The number of pyridine rings is 1. The van der Waals surface area contributed by atoms with E-state index < -0.39 is 0 Å². The van der Waals surface area contributed by atoms with Crippen LogP contribution in [0.2, 0.25) is 0 Å². The molecule has 1 aliphatic heterocycles. The Morgan fingerprint density at radius 2 is 1.91 bits per heavy atom. The maximum absolute atomic E-state index is 12.7. The van der Waals surface area contributed by atoms with Crippen molar-refractivity contribution in [2.75, 3.05) is 13.1 Å². The van der Waals surface area contributed by atoms with Crippen LogP contribution in [0.3, 0.4) is 0 Å². The molecule has 1 aromatic heterocycles. The van der Waals surface area contributed by atoms with E-state index in [4.69, 9.17) is 0 Å². The Bertz CT molecular complexity index is 777. The fourth-order valence-electron chi connectivity index (χ4n) is 3.00. The van der Waals surface area contributed by atoms with Crippen molar-refractivity contribution < 1.29 is 4.79 Å². The average Bonchev–Trinajstić information content (AvgIpc) is 2.46. The summed E-state index contributed by atoms with van der Waals surface area (Å²) in [6.45, 7) is 5.39. The number of hydrogen-bond donors (Lipinski definition) is 2. The molecule has 0 spiro atoms. The first-order chi connectivity index (χ1) is 10.4. The largest absolute Gasteiger partial charge is 0.350 e. The number of nitrogens with one attached hydrogen (secondary N) is 2. The molecule has 0 aliphatic carbocycles. The fourth-order valence-corrected chi connectivity index (χ4v) is 3.36. The van der Waals surface area contributed by atoms with E-state index in [1.807, 2.05) is 6.07 Å². The number of amides is 1. The minimum Gasteiger partial charge on any atom is -0.350 e. The van der Waals surface area contributed by atoms with Crippen LogP contribution in [-0.2, 0) is 0 Å². The molecule has 2 aromatic rings. The molecule has 1 saturated heterocycles. The second kappa shape index (κ2) is 5.85. The standard InChI is InChI=1S/C16H18BrN3O2/c1-9-7-20(8-10(2)18-9)16(22)14-6-15(21)12-5-11(17)3-4-13(12)19-14/h3-6,9-10,18H,7-8H2,1-2H3,(H,19,21)/t9-,10-/m0/s1. The zero-order valence-corrected chi connectivity index (χ0v) is 14.1. The number of benzene rings is 1. The molecule has 2 atom stereocenters. The molecule has 0 saturated carbocycles. The van der Waals surface area contributed by atoms with E-state index in [-0.39, 0.29) is 23.4 Å². The number of halogens is 1. The van der Waals surface area contributed by atoms with Crippen LogP contribution >= 0.6 is 15.9 Å². The quantitative estimate of drug-likeness (QED) is 0.815. The van der Waals surface area contributed by atoms with E-state index in [0.29, 0.717) is 29.7 Å². The summed E-state index contributed by atoms with van der Waals surface area (Å²) >= 11 is 3.35. The first-order valence-corrected chi connectivity index (χ1v) is 8.11. The van der Waals surface area contributed by atoms with Gasteiger partial charge in [-0.15, -0.1) is 0 Å². The number of aromatic amines is 1. The van der Waals surface area contributed by atoms with E-state index in [2.05, 4.69) is 40.1 Å². The van der Waals surface area contributed by atoms with Gasteiger partial charge in [0.1, 0.15) is 5.69 Å². The number of H-pyrrole nitrogens is 1. The smallest absolute Gasteiger partial charge is 0.270 e. The van der Waals surface area contributed by atoms with Gasteiger partial charge in [-0.25, -0.2) is 0 Å². The number of carbonyl (C=O) groups excluding carboxylic acids is 1. The van der Waals surface area contributed by atoms with Crippen LogP contribution in [-0.4, -0.2) is 41.0 Å². The number of fused-ring (bicyclic) bond motifs is 1. The predicted octanol–water partition coefficient (Wildman–Crippen LogP) is 2.11. The van der Waals surface area contributed by atoms with Crippen molar-refractivity contribution in [2.45, 2.75) is 25.9 Å². The summed E-state index contributed by atoms with van der Waals surface area (Å²) in [7, 11) is 0. The molecule has 1 aromatic carbocycles. The number of carbonyl (C=O) groups is 1. The Morgan fingerprint density at radius 3 is 2.59 bits per heavy atom. The lowest BCUT2D eigenvalue weighted by atomic mass is 10.1. The van der Waals surface area contributed by atoms with Gasteiger partial charge >= 0.3 is 0 Å². The van der Waals surface area contributed by atoms with Crippen molar-refractivity contribution in [3.05, 3.63) is 44.7 Å². The molecule has 1 fully saturated rings. The van der Waals surface area contributed by atoms with Crippen LogP contribution in [0.4, 0.5) is 0 Å². The molecule has 1 aliphatic rings. The zero-order chi connectivity index (χ0) is 15.9. The van der Waals surface area contributed by atoms with Crippen molar-refractivity contribution in [2.24, 2.45) is 0 Å². The van der Waals surface area contributed by atoms with Crippen molar-refractivity contribution in [1.29, 1.82) is 0 Å². The molecule has 22 heavy (non-hydrogen) atoms. The molecule has 2 N–H and O–H groups in total. The molecule has 6 heteroatoms. The van der Waals surface area contributed by atoms with Gasteiger partial charge in [0.2, 0.25) is 0 Å². The maximum atomic E-state index is 12.7. The van der Waals surface area contributed by atoms with Gasteiger partial charge in [0, 0.05) is 46.6 Å². The van der Waals surface area contributed by atoms with Gasteiger partial charge in [0.05, 0.1) is 0 Å². The summed E-state index contributed by atoms with van der Waals surface area (Å²) in [5.41, 5.74) is 0.881. The highest BCUT2D eigenvalue weighted by Crippen LogP contribution is 2.17. The topological polar surface area (TPSA) is 65.2 Å². The van der Waals surface area contributed by atoms with E-state index in [0.717, 1.165) is 4.47 Å². The minimum atomic E-state index is -0.144.